The number of carbonyl (C=O) groups excluding carboxylic acids is 2. The third-order valence-electron chi connectivity index (χ3n) is 5.94. The quantitative estimate of drug-likeness (QED) is 0.711. The Morgan fingerprint density at radius 2 is 1.97 bits per heavy atom. The average molecular weight is 416 g/mol. The lowest BCUT2D eigenvalue weighted by molar-refractivity contribution is -0.121. The Morgan fingerprint density at radius 3 is 2.69 bits per heavy atom. The first-order chi connectivity index (χ1) is 13.9. The second-order valence-corrected chi connectivity index (χ2v) is 8.19. The first-order valence-corrected chi connectivity index (χ1v) is 10.2. The van der Waals surface area contributed by atoms with Crippen molar-refractivity contribution < 1.29 is 14.0 Å². The van der Waals surface area contributed by atoms with Gasteiger partial charge >= 0.3 is 6.03 Å². The fourth-order valence-corrected chi connectivity index (χ4v) is 4.34. The van der Waals surface area contributed by atoms with E-state index in [1.807, 2.05) is 17.0 Å². The van der Waals surface area contributed by atoms with Crippen LogP contribution < -0.4 is 10.6 Å². The van der Waals surface area contributed by atoms with Crippen LogP contribution >= 0.6 is 11.6 Å². The lowest BCUT2D eigenvalue weighted by Crippen LogP contribution is -2.47. The van der Waals surface area contributed by atoms with Gasteiger partial charge in [-0.2, -0.15) is 0 Å². The first kappa shape index (κ1) is 19.7. The van der Waals surface area contributed by atoms with Crippen molar-refractivity contribution in [1.82, 2.24) is 4.90 Å². The molecule has 0 radical (unpaired) electrons. The molecule has 0 atom stereocenters. The molecule has 5 nitrogen and oxygen atoms in total. The number of halogens is 2. The Balaban J connectivity index is 1.36. The van der Waals surface area contributed by atoms with Crippen molar-refractivity contribution >= 4 is 34.9 Å². The van der Waals surface area contributed by atoms with Crippen LogP contribution in [-0.2, 0) is 11.3 Å². The zero-order valence-electron chi connectivity index (χ0n) is 16.2. The number of fused-ring (bicyclic) bond motifs is 1. The molecule has 3 amide bonds. The molecule has 7 heteroatoms. The van der Waals surface area contributed by atoms with E-state index in [2.05, 4.69) is 23.6 Å². The molecule has 2 aromatic carbocycles. The molecule has 1 fully saturated rings. The predicted molar refractivity (Wildman–Crippen MR) is 112 cm³/mol. The van der Waals surface area contributed by atoms with Crippen molar-refractivity contribution in [2.24, 2.45) is 5.92 Å². The first-order valence-electron chi connectivity index (χ1n) is 9.84. The molecule has 2 aliphatic rings. The number of hydrogen-bond acceptors (Lipinski definition) is 2. The highest BCUT2D eigenvalue weighted by molar-refractivity contribution is 6.30. The predicted octanol–water partition coefficient (Wildman–Crippen LogP) is 5.33. The summed E-state index contributed by atoms with van der Waals surface area (Å²) >= 11 is 5.68. The number of nitrogens with one attached hydrogen (secondary N) is 2. The number of hydrogen-bond donors (Lipinski definition) is 2. The maximum Gasteiger partial charge on any atom is 0.322 e. The van der Waals surface area contributed by atoms with Crippen LogP contribution in [0.15, 0.2) is 36.4 Å². The summed E-state index contributed by atoms with van der Waals surface area (Å²) in [6, 6.07) is 10.2. The summed E-state index contributed by atoms with van der Waals surface area (Å²) in [6.07, 6.45) is 2.91. The molecule has 0 unspecified atom stereocenters. The minimum Gasteiger partial charge on any atom is -0.326 e. The largest absolute Gasteiger partial charge is 0.326 e. The van der Waals surface area contributed by atoms with Crippen LogP contribution in [-0.4, -0.2) is 22.9 Å². The van der Waals surface area contributed by atoms with Crippen LogP contribution in [0.5, 0.6) is 0 Å². The van der Waals surface area contributed by atoms with E-state index in [1.54, 1.807) is 6.07 Å². The Labute approximate surface area is 174 Å². The highest BCUT2D eigenvalue weighted by Crippen LogP contribution is 2.34. The van der Waals surface area contributed by atoms with E-state index in [0.29, 0.717) is 25.1 Å². The van der Waals surface area contributed by atoms with Crippen LogP contribution in [0.1, 0.15) is 36.8 Å². The monoisotopic (exact) mass is 415 g/mol. The van der Waals surface area contributed by atoms with E-state index in [0.717, 1.165) is 29.7 Å². The van der Waals surface area contributed by atoms with Crippen LogP contribution in [0, 0.1) is 18.7 Å². The lowest BCUT2D eigenvalue weighted by atomic mass is 9.84. The second kappa shape index (κ2) is 8.03. The normalized spacial score (nSPS) is 21.3. The van der Waals surface area contributed by atoms with Crippen molar-refractivity contribution in [3.8, 4) is 0 Å². The summed E-state index contributed by atoms with van der Waals surface area (Å²) in [5.41, 5.74) is 3.60. The molecule has 1 heterocycles. The van der Waals surface area contributed by atoms with Gasteiger partial charge in [0.25, 0.3) is 0 Å². The highest BCUT2D eigenvalue weighted by atomic mass is 35.5. The van der Waals surface area contributed by atoms with Gasteiger partial charge in [0, 0.05) is 23.3 Å². The third kappa shape index (κ3) is 4.08. The summed E-state index contributed by atoms with van der Waals surface area (Å²) in [5.74, 6) is -0.818. The van der Waals surface area contributed by atoms with Crippen molar-refractivity contribution in [1.29, 1.82) is 0 Å². The van der Waals surface area contributed by atoms with Gasteiger partial charge in [-0.15, -0.1) is 0 Å². The fraction of sp³-hybridized carbons (Fsp3) is 0.364. The van der Waals surface area contributed by atoms with E-state index in [9.17, 15) is 14.0 Å². The number of anilines is 2. The molecule has 1 saturated carbocycles. The molecule has 0 saturated heterocycles. The van der Waals surface area contributed by atoms with Gasteiger partial charge in [0.2, 0.25) is 5.91 Å². The standard InChI is InChI=1S/C22H23ClFN3O2/c1-13-3-2-4-20-17(13)12-27(22(29)26-20)16-8-5-14(6-9-16)21(28)25-15-7-10-18(23)19(24)11-15/h2-4,7,10-11,14,16H,5-6,8-9,12H2,1H3,(H,25,28)(H,26,29). The van der Waals surface area contributed by atoms with Crippen LogP contribution in [0.25, 0.3) is 0 Å². The van der Waals surface area contributed by atoms with Gasteiger partial charge in [-0.25, -0.2) is 9.18 Å². The van der Waals surface area contributed by atoms with Gasteiger partial charge in [0.1, 0.15) is 5.82 Å². The van der Waals surface area contributed by atoms with Crippen LogP contribution in [0.2, 0.25) is 5.02 Å². The second-order valence-electron chi connectivity index (χ2n) is 7.78. The maximum atomic E-state index is 13.6. The number of urea groups is 1. The zero-order valence-corrected chi connectivity index (χ0v) is 16.9. The van der Waals surface area contributed by atoms with E-state index in [-0.39, 0.29) is 28.9 Å². The minimum absolute atomic E-state index is 0.0279. The molecule has 2 N–H and O–H groups in total. The molecule has 1 aliphatic heterocycles. The summed E-state index contributed by atoms with van der Waals surface area (Å²) in [4.78, 5) is 27.0. The molecule has 0 bridgehead atoms. The van der Waals surface area contributed by atoms with Crippen LogP contribution in [0.3, 0.4) is 0 Å². The number of carbonyl (C=O) groups is 2. The van der Waals surface area contributed by atoms with Crippen molar-refractivity contribution in [3.05, 3.63) is 58.4 Å². The number of nitrogens with zero attached hydrogens (tertiary/aromatic N) is 1. The Bertz CT molecular complexity index is 957. The van der Waals surface area contributed by atoms with E-state index in [1.165, 1.54) is 12.1 Å². The number of rotatable bonds is 3. The summed E-state index contributed by atoms with van der Waals surface area (Å²) < 4.78 is 13.6. The molecule has 2 aromatic rings. The topological polar surface area (TPSA) is 61.4 Å². The number of benzene rings is 2. The molecule has 4 rings (SSSR count). The third-order valence-corrected chi connectivity index (χ3v) is 6.24. The van der Waals surface area contributed by atoms with Gasteiger partial charge in [-0.05, 0) is 68.0 Å². The Kier molecular flexibility index (Phi) is 5.46. The van der Waals surface area contributed by atoms with Gasteiger partial charge in [0.15, 0.2) is 0 Å². The summed E-state index contributed by atoms with van der Waals surface area (Å²) in [6.45, 7) is 2.65. The molecule has 0 aromatic heterocycles. The van der Waals surface area contributed by atoms with E-state index >= 15 is 0 Å². The molecule has 152 valence electrons. The Morgan fingerprint density at radius 1 is 1.21 bits per heavy atom. The molecular formula is C22H23ClFN3O2. The summed E-state index contributed by atoms with van der Waals surface area (Å²) in [7, 11) is 0. The smallest absolute Gasteiger partial charge is 0.322 e. The summed E-state index contributed by atoms with van der Waals surface area (Å²) in [5, 5.41) is 5.79. The molecule has 1 aliphatic carbocycles. The van der Waals surface area contributed by atoms with Crippen molar-refractivity contribution in [3.63, 3.8) is 0 Å². The van der Waals surface area contributed by atoms with Gasteiger partial charge in [-0.1, -0.05) is 23.7 Å². The number of amides is 3. The molecular weight excluding hydrogens is 393 g/mol. The van der Waals surface area contributed by atoms with Gasteiger partial charge < -0.3 is 15.5 Å². The van der Waals surface area contributed by atoms with Crippen molar-refractivity contribution in [2.75, 3.05) is 10.6 Å². The van der Waals surface area contributed by atoms with Crippen LogP contribution in [0.4, 0.5) is 20.6 Å². The van der Waals surface area contributed by atoms with Gasteiger partial charge in [0.05, 0.1) is 11.6 Å². The molecule has 29 heavy (non-hydrogen) atoms. The maximum absolute atomic E-state index is 13.6. The molecule has 0 spiro atoms. The fourth-order valence-electron chi connectivity index (χ4n) is 4.22. The highest BCUT2D eigenvalue weighted by Gasteiger charge is 2.34. The number of aryl methyl sites for hydroxylation is 1. The SMILES string of the molecule is Cc1cccc2c1CN(C1CCC(C(=O)Nc3ccc(Cl)c(F)c3)CC1)C(=O)N2. The van der Waals surface area contributed by atoms with Crippen molar-refractivity contribution in [2.45, 2.75) is 45.2 Å². The Hall–Kier alpha value is -2.60. The zero-order chi connectivity index (χ0) is 20.5. The minimum atomic E-state index is -0.556. The lowest BCUT2D eigenvalue weighted by Gasteiger charge is -2.39. The van der Waals surface area contributed by atoms with Gasteiger partial charge in [-0.3, -0.25) is 4.79 Å². The van der Waals surface area contributed by atoms with E-state index < -0.39 is 5.82 Å². The van der Waals surface area contributed by atoms with E-state index in [4.69, 9.17) is 11.6 Å². The average Bonchev–Trinajstić information content (AvgIpc) is 2.71.